The van der Waals surface area contributed by atoms with Gasteiger partial charge in [-0.3, -0.25) is 9.59 Å². The normalized spacial score (nSPS) is 22.7. The number of rotatable bonds is 3. The Bertz CT molecular complexity index is 485. The molecule has 18 heavy (non-hydrogen) atoms. The van der Waals surface area contributed by atoms with E-state index in [1.165, 1.54) is 0 Å². The molecule has 2 rings (SSSR count). The topological polar surface area (TPSA) is 54.4 Å². The second kappa shape index (κ2) is 5.17. The minimum atomic E-state index is -0.884. The molecule has 1 aromatic rings. The van der Waals surface area contributed by atoms with Crippen LogP contribution < -0.4 is 0 Å². The first kappa shape index (κ1) is 12.6. The first-order valence-corrected chi connectivity index (χ1v) is 6.08. The van der Waals surface area contributed by atoms with Crippen LogP contribution in [0.2, 0.25) is 0 Å². The number of hydrogen-bond donors (Lipinski definition) is 1. The maximum Gasteiger partial charge on any atom is 0.307 e. The molecule has 0 spiro atoms. The van der Waals surface area contributed by atoms with Gasteiger partial charge >= 0.3 is 5.97 Å². The van der Waals surface area contributed by atoms with Crippen LogP contribution in [-0.2, 0) is 4.79 Å². The van der Waals surface area contributed by atoms with E-state index in [0.717, 1.165) is 5.56 Å². The van der Waals surface area contributed by atoms with Crippen molar-refractivity contribution in [3.63, 3.8) is 0 Å². The van der Waals surface area contributed by atoms with Crippen molar-refractivity contribution in [2.45, 2.75) is 19.8 Å². The third-order valence-corrected chi connectivity index (χ3v) is 3.42. The van der Waals surface area contributed by atoms with Crippen molar-refractivity contribution in [2.75, 3.05) is 0 Å². The average molecular weight is 244 g/mol. The largest absolute Gasteiger partial charge is 0.481 e. The van der Waals surface area contributed by atoms with E-state index in [-0.39, 0.29) is 5.78 Å². The van der Waals surface area contributed by atoms with Gasteiger partial charge in [-0.15, -0.1) is 0 Å². The van der Waals surface area contributed by atoms with E-state index in [4.69, 9.17) is 5.11 Å². The van der Waals surface area contributed by atoms with E-state index in [2.05, 4.69) is 0 Å². The summed E-state index contributed by atoms with van der Waals surface area (Å²) in [5.74, 6) is -1.98. The van der Waals surface area contributed by atoms with E-state index < -0.39 is 17.8 Å². The summed E-state index contributed by atoms with van der Waals surface area (Å²) in [6.45, 7) is 1.96. The summed E-state index contributed by atoms with van der Waals surface area (Å²) in [6, 6.07) is 7.30. The summed E-state index contributed by atoms with van der Waals surface area (Å²) in [7, 11) is 0. The highest BCUT2D eigenvalue weighted by atomic mass is 16.4. The minimum absolute atomic E-state index is 0.0632. The predicted molar refractivity (Wildman–Crippen MR) is 68.5 cm³/mol. The van der Waals surface area contributed by atoms with Gasteiger partial charge in [0.15, 0.2) is 5.78 Å². The molecular weight excluding hydrogens is 228 g/mol. The summed E-state index contributed by atoms with van der Waals surface area (Å²) in [5.41, 5.74) is 1.69. The molecule has 3 heteroatoms. The monoisotopic (exact) mass is 244 g/mol. The Balaban J connectivity index is 2.24. The number of allylic oxidation sites excluding steroid dienone is 2. The number of carbonyl (C=O) groups is 2. The second-order valence-corrected chi connectivity index (χ2v) is 4.72. The maximum atomic E-state index is 12.3. The molecule has 2 unspecified atom stereocenters. The molecule has 2 atom stereocenters. The number of hydrogen-bond acceptors (Lipinski definition) is 2. The Morgan fingerprint density at radius 2 is 1.61 bits per heavy atom. The third-order valence-electron chi connectivity index (χ3n) is 3.42. The van der Waals surface area contributed by atoms with Crippen molar-refractivity contribution in [2.24, 2.45) is 11.8 Å². The van der Waals surface area contributed by atoms with E-state index in [0.29, 0.717) is 18.4 Å². The average Bonchev–Trinajstić information content (AvgIpc) is 2.39. The Morgan fingerprint density at radius 1 is 1.06 bits per heavy atom. The fourth-order valence-electron chi connectivity index (χ4n) is 2.31. The molecule has 3 nitrogen and oxygen atoms in total. The molecule has 1 aliphatic carbocycles. The molecule has 1 N–H and O–H groups in total. The number of carbonyl (C=O) groups excluding carboxylic acids is 1. The molecule has 0 saturated carbocycles. The first-order valence-electron chi connectivity index (χ1n) is 6.08. The van der Waals surface area contributed by atoms with Crippen LogP contribution in [-0.4, -0.2) is 16.9 Å². The zero-order valence-electron chi connectivity index (χ0n) is 10.3. The molecule has 0 aromatic heterocycles. The Kier molecular flexibility index (Phi) is 3.60. The van der Waals surface area contributed by atoms with Gasteiger partial charge < -0.3 is 5.11 Å². The number of ketones is 1. The third kappa shape index (κ3) is 2.50. The fraction of sp³-hybridized carbons (Fsp3) is 0.333. The molecule has 0 fully saturated rings. The molecule has 0 bridgehead atoms. The Hall–Kier alpha value is -1.90. The van der Waals surface area contributed by atoms with Crippen molar-refractivity contribution in [1.82, 2.24) is 0 Å². The lowest BCUT2D eigenvalue weighted by Crippen LogP contribution is -2.31. The number of aliphatic carboxylic acids is 1. The van der Waals surface area contributed by atoms with Crippen LogP contribution >= 0.6 is 0 Å². The number of Topliss-reactive ketones (excluding diaryl/α,β-unsaturated/α-hetero) is 1. The van der Waals surface area contributed by atoms with Crippen LogP contribution in [0.15, 0.2) is 36.4 Å². The van der Waals surface area contributed by atoms with Crippen LogP contribution in [0, 0.1) is 18.8 Å². The molecule has 1 aromatic carbocycles. The maximum absolute atomic E-state index is 12.3. The fourth-order valence-corrected chi connectivity index (χ4v) is 2.31. The lowest BCUT2D eigenvalue weighted by molar-refractivity contribution is -0.143. The predicted octanol–water partition coefficient (Wildman–Crippen LogP) is 2.84. The summed E-state index contributed by atoms with van der Waals surface area (Å²) >= 11 is 0. The van der Waals surface area contributed by atoms with E-state index in [1.807, 2.05) is 31.2 Å². The number of carboxylic acids is 1. The van der Waals surface area contributed by atoms with Crippen molar-refractivity contribution in [3.05, 3.63) is 47.5 Å². The van der Waals surface area contributed by atoms with Gasteiger partial charge in [0.25, 0.3) is 0 Å². The van der Waals surface area contributed by atoms with Crippen LogP contribution in [0.5, 0.6) is 0 Å². The van der Waals surface area contributed by atoms with Crippen molar-refractivity contribution >= 4 is 11.8 Å². The molecule has 0 heterocycles. The highest BCUT2D eigenvalue weighted by Gasteiger charge is 2.34. The molecule has 0 radical (unpaired) electrons. The SMILES string of the molecule is Cc1ccc(C(=O)C2CC=CCC2C(=O)O)cc1. The van der Waals surface area contributed by atoms with Gasteiger partial charge in [-0.1, -0.05) is 42.0 Å². The summed E-state index contributed by atoms with van der Waals surface area (Å²) in [5, 5.41) is 9.16. The standard InChI is InChI=1S/C15H16O3/c1-10-6-8-11(9-7-10)14(16)12-4-2-3-5-13(12)15(17)18/h2-3,6-9,12-13H,4-5H2,1H3,(H,17,18). The first-order chi connectivity index (χ1) is 8.59. The zero-order chi connectivity index (χ0) is 13.1. The molecule has 0 saturated heterocycles. The Labute approximate surface area is 106 Å². The molecule has 0 amide bonds. The number of aryl methyl sites for hydroxylation is 1. The van der Waals surface area contributed by atoms with Crippen LogP contribution in [0.3, 0.4) is 0 Å². The molecule has 1 aliphatic rings. The lowest BCUT2D eigenvalue weighted by Gasteiger charge is -2.23. The van der Waals surface area contributed by atoms with Gasteiger partial charge in [-0.25, -0.2) is 0 Å². The smallest absolute Gasteiger partial charge is 0.307 e. The number of carboxylic acid groups (broad SMARTS) is 1. The second-order valence-electron chi connectivity index (χ2n) is 4.72. The lowest BCUT2D eigenvalue weighted by atomic mass is 9.78. The van der Waals surface area contributed by atoms with Gasteiger partial charge in [0.05, 0.1) is 5.92 Å². The van der Waals surface area contributed by atoms with Crippen LogP contribution in [0.25, 0.3) is 0 Å². The van der Waals surface area contributed by atoms with Gasteiger partial charge in [0, 0.05) is 11.5 Å². The summed E-state index contributed by atoms with van der Waals surface area (Å²) in [6.07, 6.45) is 4.70. The van der Waals surface area contributed by atoms with Gasteiger partial charge in [0.1, 0.15) is 0 Å². The van der Waals surface area contributed by atoms with E-state index in [1.54, 1.807) is 12.1 Å². The van der Waals surface area contributed by atoms with E-state index in [9.17, 15) is 9.59 Å². The molecular formula is C15H16O3. The van der Waals surface area contributed by atoms with E-state index >= 15 is 0 Å². The Morgan fingerprint density at radius 3 is 2.17 bits per heavy atom. The molecule has 0 aliphatic heterocycles. The zero-order valence-corrected chi connectivity index (χ0v) is 10.3. The van der Waals surface area contributed by atoms with Crippen molar-refractivity contribution in [1.29, 1.82) is 0 Å². The van der Waals surface area contributed by atoms with Crippen molar-refractivity contribution in [3.8, 4) is 0 Å². The van der Waals surface area contributed by atoms with Gasteiger partial charge in [-0.05, 0) is 19.8 Å². The molecule has 94 valence electrons. The van der Waals surface area contributed by atoms with Crippen LogP contribution in [0.1, 0.15) is 28.8 Å². The van der Waals surface area contributed by atoms with Gasteiger partial charge in [0.2, 0.25) is 0 Å². The highest BCUT2D eigenvalue weighted by molar-refractivity contribution is 6.00. The minimum Gasteiger partial charge on any atom is -0.481 e. The number of benzene rings is 1. The quantitative estimate of drug-likeness (QED) is 0.657. The van der Waals surface area contributed by atoms with Crippen LogP contribution in [0.4, 0.5) is 0 Å². The summed E-state index contributed by atoms with van der Waals surface area (Å²) < 4.78 is 0. The van der Waals surface area contributed by atoms with Crippen molar-refractivity contribution < 1.29 is 14.7 Å². The summed E-state index contributed by atoms with van der Waals surface area (Å²) in [4.78, 5) is 23.5. The van der Waals surface area contributed by atoms with Gasteiger partial charge in [-0.2, -0.15) is 0 Å². The highest BCUT2D eigenvalue weighted by Crippen LogP contribution is 2.29.